The molecule has 0 fully saturated rings. The minimum Gasteiger partial charge on any atom is -0.491 e. The summed E-state index contributed by atoms with van der Waals surface area (Å²) in [6.45, 7) is 0.534. The van der Waals surface area contributed by atoms with Crippen molar-refractivity contribution < 1.29 is 18.3 Å². The fraction of sp³-hybridized carbons (Fsp3) is 0.353. The van der Waals surface area contributed by atoms with Crippen LogP contribution in [0.25, 0.3) is 0 Å². The van der Waals surface area contributed by atoms with E-state index in [0.717, 1.165) is 24.4 Å². The second-order valence-electron chi connectivity index (χ2n) is 5.92. The second kappa shape index (κ2) is 7.10. The van der Waals surface area contributed by atoms with E-state index in [1.165, 1.54) is 0 Å². The Morgan fingerprint density at radius 1 is 1.36 bits per heavy atom. The summed E-state index contributed by atoms with van der Waals surface area (Å²) in [5.74, 6) is 0.0113. The van der Waals surface area contributed by atoms with Gasteiger partial charge in [-0.05, 0) is 26.2 Å². The monoisotopic (exact) mass is 348 g/mol. The van der Waals surface area contributed by atoms with Gasteiger partial charge in [0.2, 0.25) is 0 Å². The summed E-state index contributed by atoms with van der Waals surface area (Å²) in [6.07, 6.45) is -0.959. The summed E-state index contributed by atoms with van der Waals surface area (Å²) in [5, 5.41) is 2.69. The SMILES string of the molecule is CN(C)C1CCOc2c(NC(=O)c3cc(C(F)F)ncn3)cccc21. The van der Waals surface area contributed by atoms with Crippen molar-refractivity contribution in [3.63, 3.8) is 0 Å². The lowest BCUT2D eigenvalue weighted by atomic mass is 9.98. The Labute approximate surface area is 143 Å². The molecule has 1 amide bonds. The van der Waals surface area contributed by atoms with Gasteiger partial charge in [0.15, 0.2) is 0 Å². The first-order valence-electron chi connectivity index (χ1n) is 7.81. The zero-order chi connectivity index (χ0) is 18.0. The lowest BCUT2D eigenvalue weighted by molar-refractivity contribution is 0.102. The van der Waals surface area contributed by atoms with E-state index in [0.29, 0.717) is 18.0 Å². The van der Waals surface area contributed by atoms with Gasteiger partial charge in [-0.3, -0.25) is 4.79 Å². The number of nitrogens with zero attached hydrogens (tertiary/aromatic N) is 3. The van der Waals surface area contributed by atoms with Crippen molar-refractivity contribution >= 4 is 11.6 Å². The molecule has 1 N–H and O–H groups in total. The second-order valence-corrected chi connectivity index (χ2v) is 5.92. The molecule has 0 radical (unpaired) electrons. The zero-order valence-electron chi connectivity index (χ0n) is 13.9. The van der Waals surface area contributed by atoms with Crippen LogP contribution in [0.2, 0.25) is 0 Å². The van der Waals surface area contributed by atoms with Crippen LogP contribution in [-0.4, -0.2) is 41.5 Å². The molecule has 132 valence electrons. The van der Waals surface area contributed by atoms with E-state index in [2.05, 4.69) is 20.2 Å². The third kappa shape index (κ3) is 3.58. The molecule has 1 aromatic carbocycles. The first-order valence-corrected chi connectivity index (χ1v) is 7.81. The number of ether oxygens (including phenoxy) is 1. The highest BCUT2D eigenvalue weighted by Crippen LogP contribution is 2.40. The van der Waals surface area contributed by atoms with Crippen molar-refractivity contribution in [1.29, 1.82) is 0 Å². The quantitative estimate of drug-likeness (QED) is 0.920. The molecule has 2 heterocycles. The molecule has 0 saturated carbocycles. The van der Waals surface area contributed by atoms with Gasteiger partial charge in [-0.1, -0.05) is 12.1 Å². The number of aromatic nitrogens is 2. The van der Waals surface area contributed by atoms with E-state index in [1.54, 1.807) is 6.07 Å². The van der Waals surface area contributed by atoms with Gasteiger partial charge < -0.3 is 15.0 Å². The highest BCUT2D eigenvalue weighted by Gasteiger charge is 2.26. The molecule has 0 bridgehead atoms. The van der Waals surface area contributed by atoms with Gasteiger partial charge in [0.05, 0.1) is 12.3 Å². The van der Waals surface area contributed by atoms with Crippen molar-refractivity contribution in [3.8, 4) is 5.75 Å². The molecule has 1 aromatic heterocycles. The Balaban J connectivity index is 1.88. The molecule has 0 aliphatic carbocycles. The molecule has 0 spiro atoms. The van der Waals surface area contributed by atoms with Crippen LogP contribution in [0.5, 0.6) is 5.75 Å². The number of alkyl halides is 2. The molecule has 25 heavy (non-hydrogen) atoms. The summed E-state index contributed by atoms with van der Waals surface area (Å²) < 4.78 is 31.2. The maximum Gasteiger partial charge on any atom is 0.280 e. The average molecular weight is 348 g/mol. The van der Waals surface area contributed by atoms with Crippen LogP contribution >= 0.6 is 0 Å². The van der Waals surface area contributed by atoms with E-state index < -0.39 is 18.0 Å². The third-order valence-electron chi connectivity index (χ3n) is 4.06. The third-order valence-corrected chi connectivity index (χ3v) is 4.06. The number of carbonyl (C=O) groups is 1. The average Bonchev–Trinajstić information content (AvgIpc) is 2.61. The minimum atomic E-state index is -2.76. The standard InChI is InChI=1S/C17H18F2N4O2/c1-23(2)14-6-7-25-15-10(14)4-3-5-11(15)22-17(24)13-8-12(16(18)19)20-9-21-13/h3-5,8-9,14,16H,6-7H2,1-2H3,(H,22,24). The van der Waals surface area contributed by atoms with Gasteiger partial charge in [-0.15, -0.1) is 0 Å². The lowest BCUT2D eigenvalue weighted by Crippen LogP contribution is -2.27. The molecular weight excluding hydrogens is 330 g/mol. The minimum absolute atomic E-state index is 0.122. The van der Waals surface area contributed by atoms with E-state index >= 15 is 0 Å². The summed E-state index contributed by atoms with van der Waals surface area (Å²) in [4.78, 5) is 21.7. The number of hydrogen-bond acceptors (Lipinski definition) is 5. The number of anilines is 1. The lowest BCUT2D eigenvalue weighted by Gasteiger charge is -2.31. The Hall–Kier alpha value is -2.61. The van der Waals surface area contributed by atoms with Crippen LogP contribution in [0.15, 0.2) is 30.6 Å². The number of nitrogens with one attached hydrogen (secondary N) is 1. The summed E-state index contributed by atoms with van der Waals surface area (Å²) in [6, 6.07) is 6.66. The van der Waals surface area contributed by atoms with Gasteiger partial charge in [-0.2, -0.15) is 0 Å². The number of hydrogen-bond donors (Lipinski definition) is 1. The van der Waals surface area contributed by atoms with Gasteiger partial charge >= 0.3 is 0 Å². The van der Waals surface area contributed by atoms with Gasteiger partial charge in [0.25, 0.3) is 12.3 Å². The number of rotatable bonds is 4. The molecule has 1 aliphatic heterocycles. The number of benzene rings is 1. The number of fused-ring (bicyclic) bond motifs is 1. The van der Waals surface area contributed by atoms with Gasteiger partial charge in [0, 0.05) is 18.0 Å². The molecule has 1 atom stereocenters. The van der Waals surface area contributed by atoms with Gasteiger partial charge in [0.1, 0.15) is 23.5 Å². The topological polar surface area (TPSA) is 67.3 Å². The Kier molecular flexibility index (Phi) is 4.89. The number of amides is 1. The van der Waals surface area contributed by atoms with E-state index in [1.807, 2.05) is 26.2 Å². The highest BCUT2D eigenvalue weighted by atomic mass is 19.3. The number of halogens is 2. The van der Waals surface area contributed by atoms with E-state index in [-0.39, 0.29) is 11.7 Å². The summed E-state index contributed by atoms with van der Waals surface area (Å²) in [5.41, 5.74) is 0.860. The predicted octanol–water partition coefficient (Wildman–Crippen LogP) is 3.05. The van der Waals surface area contributed by atoms with Crippen LogP contribution in [0.3, 0.4) is 0 Å². The number of para-hydroxylation sites is 1. The molecule has 3 rings (SSSR count). The number of carbonyl (C=O) groups excluding carboxylic acids is 1. The predicted molar refractivity (Wildman–Crippen MR) is 87.9 cm³/mol. The van der Waals surface area contributed by atoms with Crippen LogP contribution in [0.4, 0.5) is 14.5 Å². The van der Waals surface area contributed by atoms with Crippen molar-refractivity contribution in [1.82, 2.24) is 14.9 Å². The van der Waals surface area contributed by atoms with Crippen molar-refractivity contribution in [3.05, 3.63) is 47.5 Å². The van der Waals surface area contributed by atoms with Crippen LogP contribution in [0, 0.1) is 0 Å². The van der Waals surface area contributed by atoms with E-state index in [4.69, 9.17) is 4.74 Å². The molecule has 6 nitrogen and oxygen atoms in total. The molecule has 1 unspecified atom stereocenters. The van der Waals surface area contributed by atoms with Crippen molar-refractivity contribution in [2.75, 3.05) is 26.0 Å². The normalized spacial score (nSPS) is 16.5. The van der Waals surface area contributed by atoms with Crippen LogP contribution < -0.4 is 10.1 Å². The largest absolute Gasteiger partial charge is 0.491 e. The molecular formula is C17H18F2N4O2. The van der Waals surface area contributed by atoms with Gasteiger partial charge in [-0.25, -0.2) is 18.7 Å². The van der Waals surface area contributed by atoms with Crippen LogP contribution in [0.1, 0.15) is 40.6 Å². The molecule has 0 saturated heterocycles. The highest BCUT2D eigenvalue weighted by molar-refractivity contribution is 6.03. The smallest absolute Gasteiger partial charge is 0.280 e. The molecule has 1 aliphatic rings. The maximum absolute atomic E-state index is 12.7. The fourth-order valence-electron chi connectivity index (χ4n) is 2.84. The Morgan fingerprint density at radius 2 is 2.16 bits per heavy atom. The first kappa shape index (κ1) is 17.2. The summed E-state index contributed by atoms with van der Waals surface area (Å²) in [7, 11) is 3.97. The first-order chi connectivity index (χ1) is 12.0. The molecule has 8 heteroatoms. The molecule has 2 aromatic rings. The van der Waals surface area contributed by atoms with Crippen molar-refractivity contribution in [2.24, 2.45) is 0 Å². The Morgan fingerprint density at radius 3 is 2.88 bits per heavy atom. The van der Waals surface area contributed by atoms with Crippen LogP contribution in [-0.2, 0) is 0 Å². The zero-order valence-corrected chi connectivity index (χ0v) is 13.9. The Bertz CT molecular complexity index is 783. The summed E-state index contributed by atoms with van der Waals surface area (Å²) >= 11 is 0. The van der Waals surface area contributed by atoms with E-state index in [9.17, 15) is 13.6 Å². The fourth-order valence-corrected chi connectivity index (χ4v) is 2.84. The maximum atomic E-state index is 12.7. The van der Waals surface area contributed by atoms with Crippen molar-refractivity contribution in [2.45, 2.75) is 18.9 Å².